The van der Waals surface area contributed by atoms with Gasteiger partial charge in [-0.2, -0.15) is 0 Å². The molecule has 0 radical (unpaired) electrons. The molecule has 1 aliphatic rings. The minimum Gasteiger partial charge on any atom is -0.381 e. The summed E-state index contributed by atoms with van der Waals surface area (Å²) >= 11 is 0. The Balaban J connectivity index is 1.45. The molecule has 1 aliphatic heterocycles. The lowest BCUT2D eigenvalue weighted by atomic mass is 10.1. The number of aromatic nitrogens is 1. The molecule has 1 aromatic heterocycles. The van der Waals surface area contributed by atoms with Crippen molar-refractivity contribution in [2.24, 2.45) is 0 Å². The number of para-hydroxylation sites is 1. The first-order valence-electron chi connectivity index (χ1n) is 9.26. The Morgan fingerprint density at radius 2 is 1.96 bits per heavy atom. The second-order valence-electron chi connectivity index (χ2n) is 6.82. The molecule has 2 aromatic carbocycles. The molecular weight excluding hydrogens is 338 g/mol. The van der Waals surface area contributed by atoms with E-state index in [4.69, 9.17) is 4.74 Å². The number of anilines is 1. The van der Waals surface area contributed by atoms with Gasteiger partial charge in [-0.15, -0.1) is 0 Å². The van der Waals surface area contributed by atoms with Crippen molar-refractivity contribution in [1.29, 1.82) is 0 Å². The molecule has 0 atom stereocenters. The molecule has 0 bridgehead atoms. The number of rotatable bonds is 4. The van der Waals surface area contributed by atoms with E-state index in [1.807, 2.05) is 54.4 Å². The van der Waals surface area contributed by atoms with E-state index in [-0.39, 0.29) is 5.91 Å². The minimum absolute atomic E-state index is 0.0756. The number of morpholine rings is 1. The van der Waals surface area contributed by atoms with E-state index >= 15 is 0 Å². The van der Waals surface area contributed by atoms with E-state index in [1.54, 1.807) is 0 Å². The Bertz CT molecular complexity index is 965. The quantitative estimate of drug-likeness (QED) is 0.771. The van der Waals surface area contributed by atoms with Gasteiger partial charge in [-0.1, -0.05) is 18.2 Å². The summed E-state index contributed by atoms with van der Waals surface area (Å²) in [5.41, 5.74) is 4.95. The number of carbonyl (C=O) groups is 1. The zero-order chi connectivity index (χ0) is 18.6. The van der Waals surface area contributed by atoms with Gasteiger partial charge in [0, 0.05) is 42.5 Å². The highest BCUT2D eigenvalue weighted by Gasteiger charge is 2.18. The van der Waals surface area contributed by atoms with Gasteiger partial charge in [0.2, 0.25) is 0 Å². The lowest BCUT2D eigenvalue weighted by molar-refractivity contribution is 0.0303. The molecule has 1 fully saturated rings. The number of pyridine rings is 1. The van der Waals surface area contributed by atoms with Crippen molar-refractivity contribution in [1.82, 2.24) is 9.88 Å². The van der Waals surface area contributed by atoms with E-state index in [1.165, 1.54) is 0 Å². The highest BCUT2D eigenvalue weighted by atomic mass is 16.5. The third kappa shape index (κ3) is 3.93. The van der Waals surface area contributed by atoms with Crippen LogP contribution in [-0.2, 0) is 11.3 Å². The van der Waals surface area contributed by atoms with Crippen molar-refractivity contribution < 1.29 is 9.53 Å². The van der Waals surface area contributed by atoms with Crippen LogP contribution in [0.15, 0.2) is 54.7 Å². The fourth-order valence-electron chi connectivity index (χ4n) is 3.35. The Morgan fingerprint density at radius 3 is 2.78 bits per heavy atom. The maximum atomic E-state index is 12.6. The van der Waals surface area contributed by atoms with E-state index < -0.39 is 0 Å². The van der Waals surface area contributed by atoms with Crippen molar-refractivity contribution in [3.8, 4) is 0 Å². The van der Waals surface area contributed by atoms with Gasteiger partial charge in [0.05, 0.1) is 18.7 Å². The first-order chi connectivity index (χ1) is 13.2. The van der Waals surface area contributed by atoms with Crippen LogP contribution in [0.3, 0.4) is 0 Å². The largest absolute Gasteiger partial charge is 0.381 e. The van der Waals surface area contributed by atoms with Crippen molar-refractivity contribution in [2.45, 2.75) is 13.5 Å². The maximum absolute atomic E-state index is 12.6. The summed E-state index contributed by atoms with van der Waals surface area (Å²) in [6, 6.07) is 16.1. The van der Waals surface area contributed by atoms with Gasteiger partial charge < -0.3 is 15.0 Å². The molecule has 3 aromatic rings. The zero-order valence-corrected chi connectivity index (χ0v) is 15.4. The van der Waals surface area contributed by atoms with E-state index in [0.29, 0.717) is 32.8 Å². The fourth-order valence-corrected chi connectivity index (χ4v) is 3.35. The van der Waals surface area contributed by atoms with Gasteiger partial charge in [0.25, 0.3) is 5.91 Å². The minimum atomic E-state index is 0.0756. The smallest absolute Gasteiger partial charge is 0.254 e. The van der Waals surface area contributed by atoms with E-state index in [2.05, 4.69) is 22.4 Å². The topological polar surface area (TPSA) is 54.5 Å². The molecular formula is C22H23N3O2. The van der Waals surface area contributed by atoms with Gasteiger partial charge in [-0.25, -0.2) is 0 Å². The zero-order valence-electron chi connectivity index (χ0n) is 15.4. The number of benzene rings is 2. The number of amides is 1. The summed E-state index contributed by atoms with van der Waals surface area (Å²) in [4.78, 5) is 19.0. The third-order valence-electron chi connectivity index (χ3n) is 4.90. The maximum Gasteiger partial charge on any atom is 0.254 e. The van der Waals surface area contributed by atoms with Crippen molar-refractivity contribution in [3.05, 3.63) is 71.4 Å². The predicted octanol–water partition coefficient (Wildman–Crippen LogP) is 3.63. The van der Waals surface area contributed by atoms with Crippen LogP contribution in [0.2, 0.25) is 0 Å². The lowest BCUT2D eigenvalue weighted by Crippen LogP contribution is -2.40. The van der Waals surface area contributed by atoms with Crippen LogP contribution in [0, 0.1) is 6.92 Å². The summed E-state index contributed by atoms with van der Waals surface area (Å²) < 4.78 is 5.32. The van der Waals surface area contributed by atoms with E-state index in [0.717, 1.165) is 33.3 Å². The monoisotopic (exact) mass is 361 g/mol. The van der Waals surface area contributed by atoms with Gasteiger partial charge in [0.15, 0.2) is 0 Å². The summed E-state index contributed by atoms with van der Waals surface area (Å²) in [5, 5.41) is 4.59. The van der Waals surface area contributed by atoms with Gasteiger partial charge >= 0.3 is 0 Å². The summed E-state index contributed by atoms with van der Waals surface area (Å²) in [6.07, 6.45) is 1.90. The summed E-state index contributed by atoms with van der Waals surface area (Å²) in [6.45, 7) is 5.26. The normalized spacial score (nSPS) is 14.3. The average molecular weight is 361 g/mol. The summed E-state index contributed by atoms with van der Waals surface area (Å²) in [7, 11) is 0. The van der Waals surface area contributed by atoms with Crippen LogP contribution in [0.4, 0.5) is 5.69 Å². The molecule has 4 rings (SSSR count). The second kappa shape index (κ2) is 7.76. The molecule has 0 spiro atoms. The van der Waals surface area contributed by atoms with Crippen molar-refractivity contribution in [3.63, 3.8) is 0 Å². The molecule has 1 N–H and O–H groups in total. The van der Waals surface area contributed by atoms with Crippen LogP contribution < -0.4 is 5.32 Å². The molecule has 2 heterocycles. The number of hydrogen-bond acceptors (Lipinski definition) is 4. The molecule has 5 nitrogen and oxygen atoms in total. The molecule has 0 unspecified atom stereocenters. The lowest BCUT2D eigenvalue weighted by Gasteiger charge is -2.27. The standard InChI is InChI=1S/C22H23N3O2/c1-16-12-19(22(26)25-8-10-27-11-9-25)6-7-20(16)23-14-17-13-18-4-2-3-5-21(18)24-15-17/h2-7,12-13,15,23H,8-11,14H2,1H3. The molecule has 27 heavy (non-hydrogen) atoms. The number of hydrogen-bond donors (Lipinski definition) is 1. The molecule has 0 saturated carbocycles. The van der Waals surface area contributed by atoms with Crippen molar-refractivity contribution in [2.75, 3.05) is 31.6 Å². The highest BCUT2D eigenvalue weighted by Crippen LogP contribution is 2.20. The molecule has 0 aliphatic carbocycles. The number of carbonyl (C=O) groups excluding carboxylic acids is 1. The molecule has 1 amide bonds. The van der Waals surface area contributed by atoms with Gasteiger partial charge in [0.1, 0.15) is 0 Å². The fraction of sp³-hybridized carbons (Fsp3) is 0.273. The van der Waals surface area contributed by atoms with E-state index in [9.17, 15) is 4.79 Å². The Kier molecular flexibility index (Phi) is 5.03. The first kappa shape index (κ1) is 17.5. The molecule has 5 heteroatoms. The van der Waals surface area contributed by atoms with Crippen LogP contribution in [-0.4, -0.2) is 42.1 Å². The number of aryl methyl sites for hydroxylation is 1. The van der Waals surface area contributed by atoms with Crippen LogP contribution >= 0.6 is 0 Å². The van der Waals surface area contributed by atoms with Gasteiger partial charge in [-0.3, -0.25) is 9.78 Å². The molecule has 1 saturated heterocycles. The average Bonchev–Trinajstić information content (AvgIpc) is 2.73. The van der Waals surface area contributed by atoms with Crippen LogP contribution in [0.25, 0.3) is 10.9 Å². The Labute approximate surface area is 159 Å². The van der Waals surface area contributed by atoms with Gasteiger partial charge in [-0.05, 0) is 48.4 Å². The number of fused-ring (bicyclic) bond motifs is 1. The first-order valence-corrected chi connectivity index (χ1v) is 9.26. The Hall–Kier alpha value is -2.92. The second-order valence-corrected chi connectivity index (χ2v) is 6.82. The van der Waals surface area contributed by atoms with Crippen molar-refractivity contribution >= 4 is 22.5 Å². The SMILES string of the molecule is Cc1cc(C(=O)N2CCOCC2)ccc1NCc1cnc2ccccc2c1. The molecule has 138 valence electrons. The number of nitrogens with one attached hydrogen (secondary N) is 1. The predicted molar refractivity (Wildman–Crippen MR) is 107 cm³/mol. The third-order valence-corrected chi connectivity index (χ3v) is 4.90. The number of ether oxygens (including phenoxy) is 1. The summed E-state index contributed by atoms with van der Waals surface area (Å²) in [5.74, 6) is 0.0756. The number of nitrogens with zero attached hydrogens (tertiary/aromatic N) is 2. The van der Waals surface area contributed by atoms with Crippen LogP contribution in [0.5, 0.6) is 0 Å². The Morgan fingerprint density at radius 1 is 1.15 bits per heavy atom. The van der Waals surface area contributed by atoms with Crippen LogP contribution in [0.1, 0.15) is 21.5 Å². The highest BCUT2D eigenvalue weighted by molar-refractivity contribution is 5.95.